The molecule has 0 spiro atoms. The molecule has 1 aromatic carbocycles. The van der Waals surface area contributed by atoms with Crippen LogP contribution in [0.5, 0.6) is 0 Å². The van der Waals surface area contributed by atoms with Gasteiger partial charge in [-0.1, -0.05) is 51.1 Å². The van der Waals surface area contributed by atoms with Gasteiger partial charge in [0.1, 0.15) is 0 Å². The third-order valence-corrected chi connectivity index (χ3v) is 5.04. The Hall–Kier alpha value is -1.10. The van der Waals surface area contributed by atoms with Crippen LogP contribution >= 0.6 is 0 Å². The highest BCUT2D eigenvalue weighted by Crippen LogP contribution is 2.38. The van der Waals surface area contributed by atoms with Gasteiger partial charge in [0.25, 0.3) is 0 Å². The number of benzene rings is 1. The van der Waals surface area contributed by atoms with Crippen LogP contribution in [0, 0.1) is 0 Å². The minimum atomic E-state index is -0.322. The molecule has 0 amide bonds. The summed E-state index contributed by atoms with van der Waals surface area (Å²) in [6.45, 7) is 15.8. The summed E-state index contributed by atoms with van der Waals surface area (Å²) in [6, 6.07) is 8.69. The van der Waals surface area contributed by atoms with Crippen molar-refractivity contribution in [3.8, 4) is 0 Å². The Kier molecular flexibility index (Phi) is 5.34. The van der Waals surface area contributed by atoms with Gasteiger partial charge in [0.2, 0.25) is 0 Å². The second kappa shape index (κ2) is 6.66. The zero-order valence-electron chi connectivity index (χ0n) is 16.5. The van der Waals surface area contributed by atoms with Gasteiger partial charge in [0.15, 0.2) is 0 Å². The van der Waals surface area contributed by atoms with Gasteiger partial charge in [-0.05, 0) is 56.8 Å². The summed E-state index contributed by atoms with van der Waals surface area (Å²) < 4.78 is 12.4. The van der Waals surface area contributed by atoms with E-state index in [0.717, 1.165) is 12.0 Å². The number of hydrogen-bond acceptors (Lipinski definition) is 3. The van der Waals surface area contributed by atoms with E-state index in [2.05, 4.69) is 84.1 Å². The Balaban J connectivity index is 2.33. The lowest BCUT2D eigenvalue weighted by atomic mass is 9.76. The van der Waals surface area contributed by atoms with Crippen molar-refractivity contribution in [2.24, 2.45) is 0 Å². The molecular formula is C20H32BNO2. The first-order valence-corrected chi connectivity index (χ1v) is 8.77. The molecule has 1 fully saturated rings. The molecule has 0 aliphatic carbocycles. The van der Waals surface area contributed by atoms with Crippen LogP contribution in [-0.2, 0) is 14.7 Å². The van der Waals surface area contributed by atoms with E-state index in [1.165, 1.54) is 11.1 Å². The van der Waals surface area contributed by atoms with Crippen molar-refractivity contribution in [3.05, 3.63) is 40.9 Å². The number of nitrogens with one attached hydrogen (secondary N) is 1. The highest BCUT2D eigenvalue weighted by atomic mass is 16.7. The van der Waals surface area contributed by atoms with Crippen molar-refractivity contribution in [2.75, 3.05) is 13.6 Å². The standard InChI is InChI=1S/C20H32BNO2/c1-18(2,3)16-11-9-10-15(12-16)13-17(14-22-8)21-23-19(4,5)20(6,7)24-21/h9-13,22H,14H2,1-8H3. The SMILES string of the molecule is CNCC(=Cc1cccc(C(C)(C)C)c1)B1OC(C)(C)C(C)(C)O1. The van der Waals surface area contributed by atoms with Crippen molar-refractivity contribution in [2.45, 2.75) is 65.1 Å². The predicted molar refractivity (Wildman–Crippen MR) is 103 cm³/mol. The van der Waals surface area contributed by atoms with E-state index < -0.39 is 0 Å². The maximum atomic E-state index is 6.22. The lowest BCUT2D eigenvalue weighted by Gasteiger charge is -2.32. The molecule has 1 aromatic rings. The molecule has 2 rings (SSSR count). The molecule has 24 heavy (non-hydrogen) atoms. The van der Waals surface area contributed by atoms with Gasteiger partial charge in [-0.3, -0.25) is 0 Å². The Morgan fingerprint density at radius 2 is 1.71 bits per heavy atom. The average Bonchev–Trinajstić information content (AvgIpc) is 2.66. The van der Waals surface area contributed by atoms with Crippen molar-refractivity contribution >= 4 is 13.2 Å². The molecule has 1 aliphatic heterocycles. The molecular weight excluding hydrogens is 297 g/mol. The summed E-state index contributed by atoms with van der Waals surface area (Å²) in [4.78, 5) is 0. The summed E-state index contributed by atoms with van der Waals surface area (Å²) in [5.74, 6) is 0. The van der Waals surface area contributed by atoms with E-state index >= 15 is 0 Å². The van der Waals surface area contributed by atoms with Crippen LogP contribution < -0.4 is 5.32 Å². The highest BCUT2D eigenvalue weighted by Gasteiger charge is 2.52. The molecule has 0 radical (unpaired) electrons. The first-order chi connectivity index (χ1) is 11.0. The summed E-state index contributed by atoms with van der Waals surface area (Å²) >= 11 is 0. The monoisotopic (exact) mass is 329 g/mol. The molecule has 0 aromatic heterocycles. The van der Waals surface area contributed by atoms with Gasteiger partial charge in [0.05, 0.1) is 11.2 Å². The number of likely N-dealkylation sites (N-methyl/N-ethyl adjacent to an activating group) is 1. The van der Waals surface area contributed by atoms with E-state index in [-0.39, 0.29) is 23.7 Å². The molecule has 0 bridgehead atoms. The lowest BCUT2D eigenvalue weighted by molar-refractivity contribution is 0.00578. The van der Waals surface area contributed by atoms with Crippen molar-refractivity contribution in [1.82, 2.24) is 5.32 Å². The van der Waals surface area contributed by atoms with E-state index in [9.17, 15) is 0 Å². The quantitative estimate of drug-likeness (QED) is 0.839. The molecule has 1 saturated heterocycles. The van der Waals surface area contributed by atoms with Gasteiger partial charge in [-0.25, -0.2) is 0 Å². The van der Waals surface area contributed by atoms with Crippen LogP contribution in [0.2, 0.25) is 0 Å². The summed E-state index contributed by atoms with van der Waals surface area (Å²) in [5.41, 5.74) is 3.12. The first kappa shape index (κ1) is 19.2. The summed E-state index contributed by atoms with van der Waals surface area (Å²) in [7, 11) is 1.63. The largest absolute Gasteiger partial charge is 0.491 e. The van der Waals surface area contributed by atoms with E-state index in [1.807, 2.05) is 7.05 Å². The Labute approximate surface area is 148 Å². The van der Waals surface area contributed by atoms with Crippen LogP contribution in [0.1, 0.15) is 59.6 Å². The van der Waals surface area contributed by atoms with Gasteiger partial charge in [-0.15, -0.1) is 0 Å². The molecule has 3 nitrogen and oxygen atoms in total. The van der Waals surface area contributed by atoms with Crippen LogP contribution in [0.15, 0.2) is 29.7 Å². The zero-order valence-corrected chi connectivity index (χ0v) is 16.5. The van der Waals surface area contributed by atoms with Crippen LogP contribution in [0.25, 0.3) is 6.08 Å². The second-order valence-electron chi connectivity index (χ2n) is 8.71. The highest BCUT2D eigenvalue weighted by molar-refractivity contribution is 6.55. The molecule has 1 aliphatic rings. The zero-order chi connectivity index (χ0) is 18.2. The van der Waals surface area contributed by atoms with Gasteiger partial charge < -0.3 is 14.6 Å². The normalized spacial score (nSPS) is 20.5. The average molecular weight is 329 g/mol. The van der Waals surface area contributed by atoms with Crippen molar-refractivity contribution < 1.29 is 9.31 Å². The summed E-state index contributed by atoms with van der Waals surface area (Å²) in [6.07, 6.45) is 2.19. The van der Waals surface area contributed by atoms with Crippen molar-refractivity contribution in [3.63, 3.8) is 0 Å². The molecule has 4 heteroatoms. The van der Waals surface area contributed by atoms with Crippen LogP contribution in [0.4, 0.5) is 0 Å². The smallest absolute Gasteiger partial charge is 0.400 e. The van der Waals surface area contributed by atoms with Gasteiger partial charge in [-0.2, -0.15) is 0 Å². The van der Waals surface area contributed by atoms with E-state index in [0.29, 0.717) is 0 Å². The Morgan fingerprint density at radius 3 is 2.21 bits per heavy atom. The predicted octanol–water partition coefficient (Wildman–Crippen LogP) is 4.22. The van der Waals surface area contributed by atoms with E-state index in [1.54, 1.807) is 0 Å². The maximum Gasteiger partial charge on any atom is 0.491 e. The van der Waals surface area contributed by atoms with Gasteiger partial charge >= 0.3 is 7.12 Å². The number of rotatable bonds is 4. The van der Waals surface area contributed by atoms with E-state index in [4.69, 9.17) is 9.31 Å². The fraction of sp³-hybridized carbons (Fsp3) is 0.600. The molecule has 0 unspecified atom stereocenters. The maximum absolute atomic E-state index is 6.22. The summed E-state index contributed by atoms with van der Waals surface area (Å²) in [5, 5.41) is 3.24. The minimum absolute atomic E-state index is 0.136. The van der Waals surface area contributed by atoms with Crippen LogP contribution in [-0.4, -0.2) is 31.9 Å². The topological polar surface area (TPSA) is 30.5 Å². The molecule has 1 N–H and O–H groups in total. The first-order valence-electron chi connectivity index (χ1n) is 8.77. The third-order valence-electron chi connectivity index (χ3n) is 5.04. The third kappa shape index (κ3) is 4.11. The fourth-order valence-corrected chi connectivity index (χ4v) is 2.71. The molecule has 0 atom stereocenters. The number of hydrogen-bond donors (Lipinski definition) is 1. The lowest BCUT2D eigenvalue weighted by Crippen LogP contribution is -2.41. The van der Waals surface area contributed by atoms with Gasteiger partial charge in [0, 0.05) is 6.54 Å². The van der Waals surface area contributed by atoms with Crippen molar-refractivity contribution in [1.29, 1.82) is 0 Å². The van der Waals surface area contributed by atoms with Crippen LogP contribution in [0.3, 0.4) is 0 Å². The molecule has 132 valence electrons. The Morgan fingerprint density at radius 1 is 1.12 bits per heavy atom. The second-order valence-corrected chi connectivity index (χ2v) is 8.71. The fourth-order valence-electron chi connectivity index (χ4n) is 2.71. The molecule has 0 saturated carbocycles. The Bertz CT molecular complexity index is 598. The molecule has 1 heterocycles. The minimum Gasteiger partial charge on any atom is -0.400 e.